The van der Waals surface area contributed by atoms with E-state index in [0.29, 0.717) is 31.3 Å². The van der Waals surface area contributed by atoms with Crippen LogP contribution in [0, 0.1) is 5.92 Å². The van der Waals surface area contributed by atoms with Crippen molar-refractivity contribution in [3.63, 3.8) is 0 Å². The Labute approximate surface area is 225 Å². The van der Waals surface area contributed by atoms with Crippen LogP contribution < -0.4 is 15.2 Å². The van der Waals surface area contributed by atoms with Crippen LogP contribution in [-0.4, -0.2) is 80.9 Å². The molecular formula is C25H30N4O7S2. The standard InChI is InChI=1S/C25H30N4O7S2/c1-14(24(26)30)21-11-28-25(37-21)19-8-15-7-16(36-22-6-5-18(10-27-22)38(4,31)32)9-20(23(15)29-19)35-17(12-33-2)13-34-3/h5-10,14,17,21,29H,11-13H2,1-4H3,(H2,26,30). The molecule has 1 amide bonds. The minimum absolute atomic E-state index is 0.0303. The average molecular weight is 563 g/mol. The van der Waals surface area contributed by atoms with Crippen LogP contribution in [0.4, 0.5) is 0 Å². The van der Waals surface area contributed by atoms with Crippen molar-refractivity contribution in [2.24, 2.45) is 16.6 Å². The molecule has 13 heteroatoms. The fourth-order valence-corrected chi connectivity index (χ4v) is 5.59. The van der Waals surface area contributed by atoms with Crippen LogP contribution in [0.15, 0.2) is 46.4 Å². The summed E-state index contributed by atoms with van der Waals surface area (Å²) in [7, 11) is -0.213. The highest BCUT2D eigenvalue weighted by Gasteiger charge is 2.30. The highest BCUT2D eigenvalue weighted by Crippen LogP contribution is 2.37. The van der Waals surface area contributed by atoms with Gasteiger partial charge in [0, 0.05) is 55.4 Å². The number of benzene rings is 1. The molecule has 0 fully saturated rings. The molecule has 2 atom stereocenters. The van der Waals surface area contributed by atoms with Gasteiger partial charge >= 0.3 is 0 Å². The Morgan fingerprint density at radius 2 is 1.95 bits per heavy atom. The molecular weight excluding hydrogens is 532 g/mol. The number of thioether (sulfide) groups is 1. The quantitative estimate of drug-likeness (QED) is 0.339. The largest absolute Gasteiger partial charge is 0.483 e. The van der Waals surface area contributed by atoms with Crippen molar-refractivity contribution in [3.05, 3.63) is 42.2 Å². The van der Waals surface area contributed by atoms with Gasteiger partial charge < -0.3 is 29.7 Å². The Bertz CT molecular complexity index is 1430. The number of nitrogens with two attached hydrogens (primary N) is 1. The Morgan fingerprint density at radius 3 is 2.55 bits per heavy atom. The molecule has 3 aromatic rings. The molecule has 11 nitrogen and oxygen atoms in total. The topological polar surface area (TPSA) is 155 Å². The summed E-state index contributed by atoms with van der Waals surface area (Å²) in [5.74, 6) is 0.500. The van der Waals surface area contributed by atoms with E-state index < -0.39 is 9.84 Å². The number of pyridine rings is 1. The number of sulfone groups is 1. The smallest absolute Gasteiger partial charge is 0.221 e. The summed E-state index contributed by atoms with van der Waals surface area (Å²) in [4.78, 5) is 23.9. The summed E-state index contributed by atoms with van der Waals surface area (Å²) in [5, 5.41) is 1.54. The minimum Gasteiger partial charge on any atom is -0.483 e. The molecule has 2 unspecified atom stereocenters. The van der Waals surface area contributed by atoms with E-state index in [4.69, 9.17) is 24.7 Å². The molecule has 204 valence electrons. The van der Waals surface area contributed by atoms with Crippen LogP contribution in [0.1, 0.15) is 12.6 Å². The Kier molecular flexibility index (Phi) is 8.61. The molecule has 0 saturated heterocycles. The van der Waals surface area contributed by atoms with E-state index in [-0.39, 0.29) is 34.0 Å². The van der Waals surface area contributed by atoms with E-state index in [9.17, 15) is 13.2 Å². The van der Waals surface area contributed by atoms with E-state index in [0.717, 1.165) is 27.9 Å². The number of hydrogen-bond acceptors (Lipinski definition) is 10. The number of primary amides is 1. The van der Waals surface area contributed by atoms with Gasteiger partial charge in [0.2, 0.25) is 11.8 Å². The maximum Gasteiger partial charge on any atom is 0.221 e. The molecule has 1 aliphatic rings. The molecule has 1 aliphatic heterocycles. The molecule has 0 spiro atoms. The SMILES string of the molecule is COCC(COC)Oc1cc(Oc2ccc(S(C)(=O)=O)cn2)cc2cc(C3=NCC(C(C)C(N)=O)S3)[nH]c12. The number of aromatic nitrogens is 2. The number of ether oxygens (including phenoxy) is 4. The number of methoxy groups -OCH3 is 2. The van der Waals surface area contributed by atoms with Crippen LogP contribution in [0.25, 0.3) is 10.9 Å². The molecule has 38 heavy (non-hydrogen) atoms. The van der Waals surface area contributed by atoms with Gasteiger partial charge in [0.15, 0.2) is 9.84 Å². The molecule has 3 N–H and O–H groups in total. The minimum atomic E-state index is -3.38. The van der Waals surface area contributed by atoms with Crippen molar-refractivity contribution in [2.75, 3.05) is 40.2 Å². The summed E-state index contributed by atoms with van der Waals surface area (Å²) < 4.78 is 46.3. The lowest BCUT2D eigenvalue weighted by Crippen LogP contribution is -2.30. The normalized spacial score (nSPS) is 16.6. The van der Waals surface area contributed by atoms with Gasteiger partial charge in [-0.05, 0) is 18.2 Å². The first-order chi connectivity index (χ1) is 18.1. The first-order valence-corrected chi connectivity index (χ1v) is 14.5. The second kappa shape index (κ2) is 11.7. The predicted octanol–water partition coefficient (Wildman–Crippen LogP) is 2.78. The third kappa shape index (κ3) is 6.46. The van der Waals surface area contributed by atoms with Gasteiger partial charge in [0.25, 0.3) is 0 Å². The number of aromatic amines is 1. The van der Waals surface area contributed by atoms with Gasteiger partial charge in [-0.3, -0.25) is 9.79 Å². The molecule has 0 aliphatic carbocycles. The molecule has 3 heterocycles. The number of carbonyl (C=O) groups is 1. The zero-order valence-corrected chi connectivity index (χ0v) is 23.1. The second-order valence-corrected chi connectivity index (χ2v) is 12.2. The number of nitrogens with one attached hydrogen (secondary N) is 1. The van der Waals surface area contributed by atoms with Crippen molar-refractivity contribution < 1.29 is 32.2 Å². The summed E-state index contributed by atoms with van der Waals surface area (Å²) >= 11 is 1.51. The fourth-order valence-electron chi connectivity index (χ4n) is 3.87. The van der Waals surface area contributed by atoms with Gasteiger partial charge in [0.1, 0.15) is 22.6 Å². The van der Waals surface area contributed by atoms with Gasteiger partial charge in [-0.15, -0.1) is 0 Å². The highest BCUT2D eigenvalue weighted by atomic mass is 32.2. The van der Waals surface area contributed by atoms with Gasteiger partial charge in [-0.25, -0.2) is 13.4 Å². The Morgan fingerprint density at radius 1 is 1.21 bits per heavy atom. The van der Waals surface area contributed by atoms with Crippen molar-refractivity contribution in [3.8, 4) is 17.4 Å². The first-order valence-electron chi connectivity index (χ1n) is 11.7. The summed E-state index contributed by atoms with van der Waals surface area (Å²) in [6.07, 6.45) is 1.98. The van der Waals surface area contributed by atoms with Gasteiger partial charge in [-0.2, -0.15) is 0 Å². The number of fused-ring (bicyclic) bond motifs is 1. The van der Waals surface area contributed by atoms with Gasteiger partial charge in [0.05, 0.1) is 35.9 Å². The summed E-state index contributed by atoms with van der Waals surface area (Å²) in [6.45, 7) is 2.91. The maximum atomic E-state index is 11.7. The lowest BCUT2D eigenvalue weighted by atomic mass is 10.1. The molecule has 0 bridgehead atoms. The van der Waals surface area contributed by atoms with Crippen molar-refractivity contribution in [2.45, 2.75) is 23.2 Å². The number of hydrogen-bond donors (Lipinski definition) is 2. The zero-order valence-electron chi connectivity index (χ0n) is 21.5. The van der Waals surface area contributed by atoms with Crippen LogP contribution >= 0.6 is 11.8 Å². The van der Waals surface area contributed by atoms with E-state index in [2.05, 4.69) is 15.0 Å². The van der Waals surface area contributed by atoms with Gasteiger partial charge in [-0.1, -0.05) is 18.7 Å². The van der Waals surface area contributed by atoms with Crippen molar-refractivity contribution in [1.29, 1.82) is 0 Å². The molecule has 2 aromatic heterocycles. The van der Waals surface area contributed by atoms with Crippen molar-refractivity contribution in [1.82, 2.24) is 9.97 Å². The van der Waals surface area contributed by atoms with E-state index >= 15 is 0 Å². The monoisotopic (exact) mass is 562 g/mol. The number of rotatable bonds is 12. The number of amides is 1. The summed E-state index contributed by atoms with van der Waals surface area (Å²) in [5.41, 5.74) is 6.99. The molecule has 4 rings (SSSR count). The number of carbonyl (C=O) groups excluding carboxylic acids is 1. The Balaban J connectivity index is 1.67. The lowest BCUT2D eigenvalue weighted by molar-refractivity contribution is -0.121. The van der Waals surface area contributed by atoms with E-state index in [1.54, 1.807) is 20.3 Å². The maximum absolute atomic E-state index is 11.7. The van der Waals surface area contributed by atoms with Crippen molar-refractivity contribution >= 4 is 43.5 Å². The molecule has 1 aromatic carbocycles. The average Bonchev–Trinajstić information content (AvgIpc) is 3.51. The number of aliphatic imine (C=N–C) groups is 1. The fraction of sp³-hybridized carbons (Fsp3) is 0.400. The lowest BCUT2D eigenvalue weighted by Gasteiger charge is -2.19. The molecule has 0 radical (unpaired) electrons. The predicted molar refractivity (Wildman–Crippen MR) is 145 cm³/mol. The third-order valence-electron chi connectivity index (χ3n) is 5.94. The Hall–Kier alpha value is -3.13. The van der Waals surface area contributed by atoms with E-state index in [1.165, 1.54) is 30.1 Å². The molecule has 0 saturated carbocycles. The number of nitrogens with zero attached hydrogens (tertiary/aromatic N) is 2. The van der Waals surface area contributed by atoms with E-state index in [1.807, 2.05) is 19.1 Å². The number of H-pyrrole nitrogens is 1. The van der Waals surface area contributed by atoms with Crippen LogP contribution in [-0.2, 0) is 24.1 Å². The second-order valence-electron chi connectivity index (χ2n) is 8.92. The van der Waals surface area contributed by atoms with Crippen LogP contribution in [0.5, 0.6) is 17.4 Å². The van der Waals surface area contributed by atoms with Crippen LogP contribution in [0.2, 0.25) is 0 Å². The summed E-state index contributed by atoms with van der Waals surface area (Å²) in [6, 6.07) is 8.40. The highest BCUT2D eigenvalue weighted by molar-refractivity contribution is 8.15. The third-order valence-corrected chi connectivity index (χ3v) is 8.47. The zero-order chi connectivity index (χ0) is 27.4. The van der Waals surface area contributed by atoms with Crippen LogP contribution in [0.3, 0.4) is 0 Å². The first kappa shape index (κ1) is 27.9.